The molecule has 1 aliphatic rings. The summed E-state index contributed by atoms with van der Waals surface area (Å²) < 4.78 is 1.14. The van der Waals surface area contributed by atoms with Crippen molar-refractivity contribution in [3.63, 3.8) is 0 Å². The second-order valence-corrected chi connectivity index (χ2v) is 5.03. The van der Waals surface area contributed by atoms with Crippen molar-refractivity contribution in [2.45, 2.75) is 25.2 Å². The molecule has 0 amide bonds. The van der Waals surface area contributed by atoms with Crippen LogP contribution in [0, 0.1) is 5.92 Å². The van der Waals surface area contributed by atoms with E-state index in [9.17, 15) is 0 Å². The van der Waals surface area contributed by atoms with Crippen LogP contribution in [0.25, 0.3) is 0 Å². The van der Waals surface area contributed by atoms with Crippen molar-refractivity contribution in [1.29, 1.82) is 0 Å². The van der Waals surface area contributed by atoms with Gasteiger partial charge in [0.05, 0.1) is 0 Å². The number of hydrogen-bond acceptors (Lipinski definition) is 1. The number of rotatable bonds is 2. The lowest BCUT2D eigenvalue weighted by atomic mass is 9.97. The summed E-state index contributed by atoms with van der Waals surface area (Å²) in [6, 6.07) is 8.58. The molecule has 1 aromatic rings. The number of halogens is 1. The Bertz CT molecular complexity index is 294. The summed E-state index contributed by atoms with van der Waals surface area (Å²) in [4.78, 5) is 0. The van der Waals surface area contributed by atoms with E-state index in [0.29, 0.717) is 18.4 Å². The minimum Gasteiger partial charge on any atom is -0.396 e. The van der Waals surface area contributed by atoms with Crippen molar-refractivity contribution in [3.8, 4) is 0 Å². The first-order valence-electron chi connectivity index (χ1n) is 5.16. The zero-order valence-electron chi connectivity index (χ0n) is 8.12. The number of hydrogen-bond donors (Lipinski definition) is 1. The Morgan fingerprint density at radius 1 is 1.21 bits per heavy atom. The highest BCUT2D eigenvalue weighted by atomic mass is 79.9. The Labute approximate surface area is 93.3 Å². The van der Waals surface area contributed by atoms with Gasteiger partial charge >= 0.3 is 0 Å². The van der Waals surface area contributed by atoms with Gasteiger partial charge in [0.2, 0.25) is 0 Å². The molecule has 0 heterocycles. The van der Waals surface area contributed by atoms with Crippen molar-refractivity contribution in [2.75, 3.05) is 6.61 Å². The smallest absolute Gasteiger partial charge is 0.0459 e. The fourth-order valence-electron chi connectivity index (χ4n) is 2.28. The molecule has 1 aromatic carbocycles. The lowest BCUT2D eigenvalue weighted by Crippen LogP contribution is -2.00. The highest BCUT2D eigenvalue weighted by Gasteiger charge is 2.24. The summed E-state index contributed by atoms with van der Waals surface area (Å²) in [7, 11) is 0. The van der Waals surface area contributed by atoms with Crippen molar-refractivity contribution in [3.05, 3.63) is 34.3 Å². The molecule has 1 nitrogen and oxygen atoms in total. The molecular formula is C12H15BrO. The predicted molar refractivity (Wildman–Crippen MR) is 61.3 cm³/mol. The third-order valence-corrected chi connectivity index (χ3v) is 3.67. The Morgan fingerprint density at radius 3 is 2.50 bits per heavy atom. The van der Waals surface area contributed by atoms with E-state index >= 15 is 0 Å². The van der Waals surface area contributed by atoms with Crippen LogP contribution >= 0.6 is 15.9 Å². The van der Waals surface area contributed by atoms with E-state index in [-0.39, 0.29) is 0 Å². The van der Waals surface area contributed by atoms with Crippen LogP contribution in [0.2, 0.25) is 0 Å². The van der Waals surface area contributed by atoms with E-state index < -0.39 is 0 Å². The zero-order valence-corrected chi connectivity index (χ0v) is 9.70. The van der Waals surface area contributed by atoms with Crippen LogP contribution in [0.5, 0.6) is 0 Å². The minimum absolute atomic E-state index is 0.354. The molecule has 0 radical (unpaired) electrons. The van der Waals surface area contributed by atoms with Gasteiger partial charge in [0.25, 0.3) is 0 Å². The SMILES string of the molecule is OC[C@H]1CC[C@H](c2ccc(Br)cc2)C1. The summed E-state index contributed by atoms with van der Waals surface area (Å²) >= 11 is 3.44. The molecule has 2 rings (SSSR count). The van der Waals surface area contributed by atoms with Gasteiger partial charge in [0, 0.05) is 11.1 Å². The molecule has 1 N–H and O–H groups in total. The highest BCUT2D eigenvalue weighted by Crippen LogP contribution is 2.38. The molecule has 1 aliphatic carbocycles. The molecule has 1 saturated carbocycles. The first-order valence-corrected chi connectivity index (χ1v) is 5.95. The average Bonchev–Trinajstić information content (AvgIpc) is 2.67. The number of benzene rings is 1. The van der Waals surface area contributed by atoms with E-state index in [1.807, 2.05) is 0 Å². The average molecular weight is 255 g/mol. The summed E-state index contributed by atoms with van der Waals surface area (Å²) in [6.07, 6.45) is 3.56. The van der Waals surface area contributed by atoms with Crippen LogP contribution in [0.15, 0.2) is 28.7 Å². The summed E-state index contributed by atoms with van der Waals surface area (Å²) in [5.74, 6) is 1.20. The summed E-state index contributed by atoms with van der Waals surface area (Å²) in [5.41, 5.74) is 1.42. The van der Waals surface area contributed by atoms with Gasteiger partial charge in [-0.1, -0.05) is 28.1 Å². The van der Waals surface area contributed by atoms with Crippen molar-refractivity contribution in [1.82, 2.24) is 0 Å². The molecule has 14 heavy (non-hydrogen) atoms. The molecule has 0 spiro atoms. The maximum absolute atomic E-state index is 9.07. The quantitative estimate of drug-likeness (QED) is 0.859. The van der Waals surface area contributed by atoms with Gasteiger partial charge in [-0.3, -0.25) is 0 Å². The second-order valence-electron chi connectivity index (χ2n) is 4.11. The molecule has 76 valence electrons. The van der Waals surface area contributed by atoms with E-state index in [0.717, 1.165) is 10.9 Å². The third kappa shape index (κ3) is 2.18. The maximum Gasteiger partial charge on any atom is 0.0459 e. The lowest BCUT2D eigenvalue weighted by molar-refractivity contribution is 0.229. The topological polar surface area (TPSA) is 20.2 Å². The van der Waals surface area contributed by atoms with E-state index in [1.54, 1.807) is 0 Å². The van der Waals surface area contributed by atoms with Crippen molar-refractivity contribution < 1.29 is 5.11 Å². The number of aliphatic hydroxyl groups is 1. The standard InChI is InChI=1S/C12H15BrO/c13-12-5-3-10(4-6-12)11-2-1-9(7-11)8-14/h3-6,9,11,14H,1-2,7-8H2/t9-,11-/m0/s1. The van der Waals surface area contributed by atoms with Gasteiger partial charge in [-0.25, -0.2) is 0 Å². The zero-order chi connectivity index (χ0) is 9.97. The lowest BCUT2D eigenvalue weighted by Gasteiger charge is -2.10. The van der Waals surface area contributed by atoms with Crippen LogP contribution in [0.1, 0.15) is 30.7 Å². The largest absolute Gasteiger partial charge is 0.396 e. The first-order chi connectivity index (χ1) is 6.79. The fraction of sp³-hybridized carbons (Fsp3) is 0.500. The van der Waals surface area contributed by atoms with Gasteiger partial charge in [-0.2, -0.15) is 0 Å². The molecule has 2 atom stereocenters. The van der Waals surface area contributed by atoms with Crippen molar-refractivity contribution >= 4 is 15.9 Å². The number of aliphatic hydroxyl groups excluding tert-OH is 1. The van der Waals surface area contributed by atoms with Crippen LogP contribution in [-0.2, 0) is 0 Å². The summed E-state index contributed by atoms with van der Waals surface area (Å²) in [6.45, 7) is 0.354. The molecule has 0 aliphatic heterocycles. The fourth-order valence-corrected chi connectivity index (χ4v) is 2.54. The molecule has 0 unspecified atom stereocenters. The minimum atomic E-state index is 0.354. The predicted octanol–water partition coefficient (Wildman–Crippen LogP) is 3.33. The van der Waals surface area contributed by atoms with Crippen LogP contribution < -0.4 is 0 Å². The molecule has 2 heteroatoms. The van der Waals surface area contributed by atoms with Gasteiger partial charge in [-0.15, -0.1) is 0 Å². The molecular weight excluding hydrogens is 240 g/mol. The highest BCUT2D eigenvalue weighted by molar-refractivity contribution is 9.10. The van der Waals surface area contributed by atoms with Crippen molar-refractivity contribution in [2.24, 2.45) is 5.92 Å². The van der Waals surface area contributed by atoms with Gasteiger partial charge in [-0.05, 0) is 48.8 Å². The van der Waals surface area contributed by atoms with E-state index in [2.05, 4.69) is 40.2 Å². The molecule has 0 saturated heterocycles. The molecule has 0 aromatic heterocycles. The van der Waals surface area contributed by atoms with E-state index in [1.165, 1.54) is 18.4 Å². The van der Waals surface area contributed by atoms with Gasteiger partial charge in [0.1, 0.15) is 0 Å². The van der Waals surface area contributed by atoms with Crippen LogP contribution in [0.4, 0.5) is 0 Å². The Hall–Kier alpha value is -0.340. The van der Waals surface area contributed by atoms with Gasteiger partial charge in [0.15, 0.2) is 0 Å². The Balaban J connectivity index is 2.06. The Morgan fingerprint density at radius 2 is 1.93 bits per heavy atom. The monoisotopic (exact) mass is 254 g/mol. The normalized spacial score (nSPS) is 26.7. The first kappa shape index (κ1) is 10.2. The van der Waals surface area contributed by atoms with E-state index in [4.69, 9.17) is 5.11 Å². The second kappa shape index (κ2) is 4.45. The summed E-state index contributed by atoms with van der Waals surface area (Å²) in [5, 5.41) is 9.07. The third-order valence-electron chi connectivity index (χ3n) is 3.14. The Kier molecular flexibility index (Phi) is 3.24. The maximum atomic E-state index is 9.07. The molecule has 0 bridgehead atoms. The van der Waals surface area contributed by atoms with Gasteiger partial charge < -0.3 is 5.11 Å². The van der Waals surface area contributed by atoms with Crippen LogP contribution in [-0.4, -0.2) is 11.7 Å². The van der Waals surface area contributed by atoms with Crippen LogP contribution in [0.3, 0.4) is 0 Å². The molecule has 1 fully saturated rings.